The van der Waals surface area contributed by atoms with Gasteiger partial charge in [-0.1, -0.05) is 30.7 Å². The van der Waals surface area contributed by atoms with Crippen LogP contribution in [0.3, 0.4) is 0 Å². The number of hydrogen-bond donors (Lipinski definition) is 1. The zero-order chi connectivity index (χ0) is 14.2. The fourth-order valence-corrected chi connectivity index (χ4v) is 3.14. The highest BCUT2D eigenvalue weighted by molar-refractivity contribution is 6.30. The second-order valence-electron chi connectivity index (χ2n) is 5.90. The van der Waals surface area contributed by atoms with E-state index >= 15 is 0 Å². The topological polar surface area (TPSA) is 29.9 Å². The summed E-state index contributed by atoms with van der Waals surface area (Å²) >= 11 is 5.97. The molecule has 20 heavy (non-hydrogen) atoms. The number of nitrogens with one attached hydrogen (secondary N) is 1. The zero-order valence-electron chi connectivity index (χ0n) is 11.9. The molecule has 1 N–H and O–H groups in total. The number of hydrogen-bond acceptors (Lipinski definition) is 2. The Morgan fingerprint density at radius 1 is 1.35 bits per heavy atom. The molecule has 1 aromatic heterocycles. The normalized spacial score (nSPS) is 23.9. The molecule has 1 fully saturated rings. The molecular weight excluding hydrogens is 270 g/mol. The number of nitrogens with zero attached hydrogens (tertiary/aromatic N) is 2. The molecule has 3 rings (SSSR count). The molecule has 0 bridgehead atoms. The minimum absolute atomic E-state index is 0.178. The molecule has 3 nitrogen and oxygen atoms in total. The van der Waals surface area contributed by atoms with Gasteiger partial charge in [-0.3, -0.25) is 0 Å². The van der Waals surface area contributed by atoms with Gasteiger partial charge in [0.25, 0.3) is 0 Å². The largest absolute Gasteiger partial charge is 0.327 e. The van der Waals surface area contributed by atoms with Crippen LogP contribution in [0.5, 0.6) is 0 Å². The summed E-state index contributed by atoms with van der Waals surface area (Å²) in [5.74, 6) is 0. The van der Waals surface area contributed by atoms with Gasteiger partial charge in [0.05, 0.1) is 12.4 Å². The minimum Gasteiger partial charge on any atom is -0.327 e. The Kier molecular flexibility index (Phi) is 3.57. The van der Waals surface area contributed by atoms with Crippen molar-refractivity contribution in [3.63, 3.8) is 0 Å². The average Bonchev–Trinajstić information content (AvgIpc) is 3.08. The van der Waals surface area contributed by atoms with E-state index in [4.69, 9.17) is 11.6 Å². The first kappa shape index (κ1) is 13.7. The van der Waals surface area contributed by atoms with Crippen molar-refractivity contribution in [1.82, 2.24) is 14.9 Å². The highest BCUT2D eigenvalue weighted by Gasteiger charge is 2.34. The lowest BCUT2D eigenvalue weighted by molar-refractivity contribution is 0.460. The van der Waals surface area contributed by atoms with Crippen molar-refractivity contribution in [3.05, 3.63) is 53.1 Å². The molecule has 0 spiro atoms. The lowest BCUT2D eigenvalue weighted by atomic mass is 9.86. The van der Waals surface area contributed by atoms with E-state index < -0.39 is 0 Å². The summed E-state index contributed by atoms with van der Waals surface area (Å²) in [6.45, 7) is 6.62. The van der Waals surface area contributed by atoms with E-state index in [0.717, 1.165) is 24.5 Å². The van der Waals surface area contributed by atoms with E-state index in [1.165, 1.54) is 11.3 Å². The van der Waals surface area contributed by atoms with Gasteiger partial charge in [0.1, 0.15) is 0 Å². The Labute approximate surface area is 125 Å². The molecule has 0 amide bonds. The minimum atomic E-state index is 0.178. The van der Waals surface area contributed by atoms with E-state index in [-0.39, 0.29) is 11.5 Å². The molecule has 0 saturated carbocycles. The van der Waals surface area contributed by atoms with Crippen molar-refractivity contribution in [2.45, 2.75) is 31.7 Å². The van der Waals surface area contributed by atoms with Crippen molar-refractivity contribution in [1.29, 1.82) is 0 Å². The van der Waals surface area contributed by atoms with Crippen LogP contribution in [0, 0.1) is 0 Å². The van der Waals surface area contributed by atoms with E-state index in [1.807, 2.05) is 24.7 Å². The van der Waals surface area contributed by atoms with Gasteiger partial charge < -0.3 is 9.88 Å². The smallest absolute Gasteiger partial charge is 0.0954 e. The lowest BCUT2D eigenvalue weighted by Gasteiger charge is -2.27. The first-order valence-corrected chi connectivity index (χ1v) is 7.46. The summed E-state index contributed by atoms with van der Waals surface area (Å²) in [6.07, 6.45) is 5.11. The Bertz CT molecular complexity index is 582. The van der Waals surface area contributed by atoms with Crippen LogP contribution in [0.15, 0.2) is 36.8 Å². The third kappa shape index (κ3) is 2.36. The first-order valence-electron chi connectivity index (χ1n) is 7.09. The molecule has 0 radical (unpaired) electrons. The summed E-state index contributed by atoms with van der Waals surface area (Å²) in [4.78, 5) is 4.39. The third-order valence-corrected chi connectivity index (χ3v) is 4.67. The summed E-state index contributed by atoms with van der Waals surface area (Å²) < 4.78 is 2.29. The van der Waals surface area contributed by atoms with Crippen molar-refractivity contribution >= 4 is 11.6 Å². The van der Waals surface area contributed by atoms with Crippen LogP contribution in [-0.2, 0) is 5.41 Å². The quantitative estimate of drug-likeness (QED) is 0.938. The highest BCUT2D eigenvalue weighted by atomic mass is 35.5. The molecule has 1 saturated heterocycles. The van der Waals surface area contributed by atoms with Crippen LogP contribution in [0.25, 0.3) is 0 Å². The third-order valence-electron chi connectivity index (χ3n) is 4.42. The SMILES string of the molecule is CC(c1ccc(Cl)cc1)n1cncc1C1(C)CCNC1. The average molecular weight is 290 g/mol. The van der Waals surface area contributed by atoms with E-state index in [2.05, 4.69) is 40.8 Å². The Balaban J connectivity index is 1.94. The maximum Gasteiger partial charge on any atom is 0.0954 e. The van der Waals surface area contributed by atoms with Crippen molar-refractivity contribution < 1.29 is 0 Å². The molecule has 106 valence electrons. The van der Waals surface area contributed by atoms with Crippen LogP contribution in [0.2, 0.25) is 5.02 Å². The number of halogens is 1. The Morgan fingerprint density at radius 2 is 2.10 bits per heavy atom. The van der Waals surface area contributed by atoms with E-state index in [9.17, 15) is 0 Å². The van der Waals surface area contributed by atoms with Crippen LogP contribution < -0.4 is 5.32 Å². The maximum absolute atomic E-state index is 5.97. The fourth-order valence-electron chi connectivity index (χ4n) is 3.02. The van der Waals surface area contributed by atoms with Crippen LogP contribution in [0.4, 0.5) is 0 Å². The van der Waals surface area contributed by atoms with Crippen molar-refractivity contribution in [2.24, 2.45) is 0 Å². The number of rotatable bonds is 3. The van der Waals surface area contributed by atoms with Crippen LogP contribution in [-0.4, -0.2) is 22.6 Å². The number of benzene rings is 1. The molecule has 2 atom stereocenters. The van der Waals surface area contributed by atoms with Gasteiger partial charge >= 0.3 is 0 Å². The molecule has 2 unspecified atom stereocenters. The number of aromatic nitrogens is 2. The predicted molar refractivity (Wildman–Crippen MR) is 82.3 cm³/mol. The zero-order valence-corrected chi connectivity index (χ0v) is 12.7. The van der Waals surface area contributed by atoms with Gasteiger partial charge in [0.2, 0.25) is 0 Å². The summed E-state index contributed by atoms with van der Waals surface area (Å²) in [5.41, 5.74) is 2.74. The molecule has 1 aliphatic heterocycles. The lowest BCUT2D eigenvalue weighted by Crippen LogP contribution is -2.29. The summed E-state index contributed by atoms with van der Waals surface area (Å²) in [5, 5.41) is 4.23. The fraction of sp³-hybridized carbons (Fsp3) is 0.438. The van der Waals surface area contributed by atoms with Gasteiger partial charge in [-0.2, -0.15) is 0 Å². The van der Waals surface area contributed by atoms with Crippen molar-refractivity contribution in [3.8, 4) is 0 Å². The Hall–Kier alpha value is -1.32. The van der Waals surface area contributed by atoms with Gasteiger partial charge in [-0.05, 0) is 37.6 Å². The van der Waals surface area contributed by atoms with Gasteiger partial charge in [0.15, 0.2) is 0 Å². The van der Waals surface area contributed by atoms with Crippen molar-refractivity contribution in [2.75, 3.05) is 13.1 Å². The standard InChI is InChI=1S/C16H20ClN3/c1-12(13-3-5-14(17)6-4-13)20-11-19-9-15(20)16(2)7-8-18-10-16/h3-6,9,11-12,18H,7-8,10H2,1-2H3. The monoisotopic (exact) mass is 289 g/mol. The second-order valence-corrected chi connectivity index (χ2v) is 6.34. The summed E-state index contributed by atoms with van der Waals surface area (Å²) in [6, 6.07) is 8.34. The molecule has 1 aliphatic rings. The number of imidazole rings is 1. The second kappa shape index (κ2) is 5.23. The molecular formula is C16H20ClN3. The maximum atomic E-state index is 5.97. The molecule has 1 aromatic carbocycles. The van der Waals surface area contributed by atoms with Gasteiger partial charge in [0, 0.05) is 28.9 Å². The molecule has 0 aliphatic carbocycles. The summed E-state index contributed by atoms with van der Waals surface area (Å²) in [7, 11) is 0. The highest BCUT2D eigenvalue weighted by Crippen LogP contribution is 2.33. The van der Waals surface area contributed by atoms with Crippen LogP contribution >= 0.6 is 11.6 Å². The molecule has 4 heteroatoms. The van der Waals surface area contributed by atoms with Crippen LogP contribution in [0.1, 0.15) is 37.6 Å². The Morgan fingerprint density at radius 3 is 2.75 bits per heavy atom. The van der Waals surface area contributed by atoms with E-state index in [1.54, 1.807) is 0 Å². The van der Waals surface area contributed by atoms with Gasteiger partial charge in [-0.25, -0.2) is 4.98 Å². The predicted octanol–water partition coefficient (Wildman–Crippen LogP) is 3.40. The molecule has 2 heterocycles. The van der Waals surface area contributed by atoms with Gasteiger partial charge in [-0.15, -0.1) is 0 Å². The van der Waals surface area contributed by atoms with E-state index in [0.29, 0.717) is 0 Å². The molecule has 2 aromatic rings. The first-order chi connectivity index (χ1) is 9.60.